The molecule has 0 amide bonds. The van der Waals surface area contributed by atoms with Gasteiger partial charge in [0.1, 0.15) is 0 Å². The third kappa shape index (κ3) is 2.50. The van der Waals surface area contributed by atoms with Crippen LogP contribution in [0.25, 0.3) is 0 Å². The fraction of sp³-hybridized carbons (Fsp3) is 0.875. The minimum absolute atomic E-state index is 0. The van der Waals surface area contributed by atoms with Crippen LogP contribution in [0.5, 0.6) is 0 Å². The number of hydrogen-bond donors (Lipinski definition) is 0. The second-order valence-electron chi connectivity index (χ2n) is 3.44. The third-order valence-corrected chi connectivity index (χ3v) is 2.61. The summed E-state index contributed by atoms with van der Waals surface area (Å²) in [5.74, 6) is 0. The summed E-state index contributed by atoms with van der Waals surface area (Å²) in [6.45, 7) is 5.04. The van der Waals surface area contributed by atoms with Crippen LogP contribution in [-0.4, -0.2) is 49.1 Å². The van der Waals surface area contributed by atoms with Crippen molar-refractivity contribution in [3.63, 3.8) is 0 Å². The van der Waals surface area contributed by atoms with Crippen LogP contribution >= 0.6 is 0 Å². The van der Waals surface area contributed by atoms with Crippen molar-refractivity contribution in [2.75, 3.05) is 33.2 Å². The van der Waals surface area contributed by atoms with Gasteiger partial charge in [0.2, 0.25) is 0 Å². The molecule has 2 saturated heterocycles. The van der Waals surface area contributed by atoms with Gasteiger partial charge in [-0.3, -0.25) is 0 Å². The Morgan fingerprint density at radius 2 is 2.18 bits per heavy atom. The van der Waals surface area contributed by atoms with Crippen LogP contribution in [-0.2, 0) is 0 Å². The molecule has 1 atom stereocenters. The second kappa shape index (κ2) is 4.70. The molecule has 1 unspecified atom stereocenters. The van der Waals surface area contributed by atoms with Crippen molar-refractivity contribution < 1.29 is 51.4 Å². The number of fused-ring (bicyclic) bond motifs is 1. The number of likely N-dealkylation sites (N-methyl/N-ethyl adjacent to an activating group) is 1. The van der Waals surface area contributed by atoms with E-state index in [0.717, 1.165) is 6.04 Å². The fourth-order valence-corrected chi connectivity index (χ4v) is 1.94. The van der Waals surface area contributed by atoms with Crippen LogP contribution in [0.3, 0.4) is 0 Å². The van der Waals surface area contributed by atoms with Gasteiger partial charge in [-0.05, 0) is 13.1 Å². The Hall–Kier alpha value is 1.56. The third-order valence-electron chi connectivity index (χ3n) is 2.61. The molecule has 2 rings (SSSR count). The Kier molecular flexibility index (Phi) is 4.54. The van der Waals surface area contributed by atoms with E-state index < -0.39 is 0 Å². The van der Waals surface area contributed by atoms with Crippen LogP contribution in [0.2, 0.25) is 0 Å². The molecule has 2 nitrogen and oxygen atoms in total. The summed E-state index contributed by atoms with van der Waals surface area (Å²) in [6.07, 6.45) is 3.72. The fourth-order valence-electron chi connectivity index (χ4n) is 1.94. The van der Waals surface area contributed by atoms with Crippen LogP contribution in [0.15, 0.2) is 0 Å². The van der Waals surface area contributed by atoms with Crippen molar-refractivity contribution in [3.05, 3.63) is 6.42 Å². The van der Waals surface area contributed by atoms with Crippen molar-refractivity contribution in [1.29, 1.82) is 0 Å². The molecule has 58 valence electrons. The normalized spacial score (nSPS) is 33.0. The van der Waals surface area contributed by atoms with Gasteiger partial charge in [0, 0.05) is 19.6 Å². The van der Waals surface area contributed by atoms with Crippen molar-refractivity contribution in [2.24, 2.45) is 0 Å². The minimum Gasteiger partial charge on any atom is -0.330 e. The molecule has 2 aliphatic rings. The molecular weight excluding hydrogens is 163 g/mol. The number of nitrogens with zero attached hydrogens (tertiary/aromatic N) is 2. The van der Waals surface area contributed by atoms with Gasteiger partial charge in [-0.2, -0.15) is 6.42 Å². The Bertz CT molecular complexity index is 129. The molecule has 0 saturated carbocycles. The Balaban J connectivity index is 0.000000605. The molecule has 2 aliphatic heterocycles. The predicted octanol–water partition coefficient (Wildman–Crippen LogP) is -2.79. The molecule has 0 spiro atoms. The maximum Gasteiger partial charge on any atom is 1.00 e. The van der Waals surface area contributed by atoms with E-state index in [0.29, 0.717) is 0 Å². The first kappa shape index (κ1) is 10.6. The first-order chi connectivity index (χ1) is 4.86. The number of piperazine rings is 1. The molecule has 0 radical (unpaired) electrons. The van der Waals surface area contributed by atoms with Crippen LogP contribution in [0.4, 0.5) is 0 Å². The average Bonchev–Trinajstić information content (AvgIpc) is 2.33. The summed E-state index contributed by atoms with van der Waals surface area (Å²) in [7, 11) is 2.22. The topological polar surface area (TPSA) is 6.48 Å². The molecule has 0 aliphatic carbocycles. The van der Waals surface area contributed by atoms with Gasteiger partial charge in [-0.25, -0.2) is 0 Å². The molecular formula is C8H15KN2. The largest absolute Gasteiger partial charge is 1.00 e. The molecule has 11 heavy (non-hydrogen) atoms. The summed E-state index contributed by atoms with van der Waals surface area (Å²) < 4.78 is 0. The minimum atomic E-state index is 0. The summed E-state index contributed by atoms with van der Waals surface area (Å²) in [4.78, 5) is 5.01. The van der Waals surface area contributed by atoms with E-state index in [4.69, 9.17) is 0 Å². The second-order valence-corrected chi connectivity index (χ2v) is 3.44. The number of hydrogen-bond acceptors (Lipinski definition) is 2. The SMILES string of the molecule is CN1CCN2C[CH-]CC2C1.[K+]. The van der Waals surface area contributed by atoms with Crippen LogP contribution in [0.1, 0.15) is 6.42 Å². The van der Waals surface area contributed by atoms with E-state index in [-0.39, 0.29) is 51.4 Å². The smallest absolute Gasteiger partial charge is 0.330 e. The molecule has 3 heteroatoms. The zero-order valence-electron chi connectivity index (χ0n) is 7.58. The maximum absolute atomic E-state index is 2.58. The van der Waals surface area contributed by atoms with Gasteiger partial charge < -0.3 is 16.2 Å². The molecule has 0 N–H and O–H groups in total. The van der Waals surface area contributed by atoms with Crippen molar-refractivity contribution in [1.82, 2.24) is 9.80 Å². The molecule has 0 aromatic rings. The molecule has 0 bridgehead atoms. The van der Waals surface area contributed by atoms with Gasteiger partial charge in [0.15, 0.2) is 0 Å². The molecule has 2 fully saturated rings. The first-order valence-corrected chi connectivity index (χ1v) is 4.10. The zero-order valence-corrected chi connectivity index (χ0v) is 10.7. The van der Waals surface area contributed by atoms with E-state index in [9.17, 15) is 0 Å². The quantitative estimate of drug-likeness (QED) is 0.292. The van der Waals surface area contributed by atoms with Gasteiger partial charge in [-0.15, -0.1) is 6.54 Å². The molecule has 0 aromatic carbocycles. The van der Waals surface area contributed by atoms with Gasteiger partial charge in [0.25, 0.3) is 0 Å². The molecule has 0 aromatic heterocycles. The van der Waals surface area contributed by atoms with E-state index in [2.05, 4.69) is 23.3 Å². The maximum atomic E-state index is 2.58. The Morgan fingerprint density at radius 3 is 3.00 bits per heavy atom. The van der Waals surface area contributed by atoms with Gasteiger partial charge in [0.05, 0.1) is 0 Å². The standard InChI is InChI=1S/C8H15N2.K/c1-9-5-6-10-4-2-3-8(10)7-9;/h2,8H,3-7H2,1H3;/q-1;+1. The van der Waals surface area contributed by atoms with Crippen LogP contribution < -0.4 is 51.4 Å². The van der Waals surface area contributed by atoms with Crippen molar-refractivity contribution in [3.8, 4) is 0 Å². The van der Waals surface area contributed by atoms with Crippen LogP contribution in [0, 0.1) is 6.42 Å². The van der Waals surface area contributed by atoms with Crippen molar-refractivity contribution >= 4 is 0 Å². The monoisotopic (exact) mass is 178 g/mol. The summed E-state index contributed by atoms with van der Waals surface area (Å²) in [5.41, 5.74) is 0. The van der Waals surface area contributed by atoms with E-state index >= 15 is 0 Å². The van der Waals surface area contributed by atoms with Crippen molar-refractivity contribution in [2.45, 2.75) is 12.5 Å². The van der Waals surface area contributed by atoms with E-state index in [1.807, 2.05) is 0 Å². The van der Waals surface area contributed by atoms with E-state index in [1.54, 1.807) is 0 Å². The van der Waals surface area contributed by atoms with Gasteiger partial charge >= 0.3 is 51.4 Å². The summed E-state index contributed by atoms with van der Waals surface area (Å²) in [6, 6.07) is 0.846. The molecule has 2 heterocycles. The Labute approximate surface area is 112 Å². The summed E-state index contributed by atoms with van der Waals surface area (Å²) >= 11 is 0. The Morgan fingerprint density at radius 1 is 1.36 bits per heavy atom. The predicted molar refractivity (Wildman–Crippen MR) is 41.8 cm³/mol. The first-order valence-electron chi connectivity index (χ1n) is 4.10. The van der Waals surface area contributed by atoms with Gasteiger partial charge in [-0.1, -0.05) is 0 Å². The van der Waals surface area contributed by atoms with E-state index in [1.165, 1.54) is 32.6 Å². The summed E-state index contributed by atoms with van der Waals surface area (Å²) in [5, 5.41) is 0. The number of rotatable bonds is 0. The zero-order chi connectivity index (χ0) is 6.97. The average molecular weight is 178 g/mol.